The van der Waals surface area contributed by atoms with Gasteiger partial charge in [-0.05, 0) is 12.3 Å². The van der Waals surface area contributed by atoms with Crippen molar-refractivity contribution < 1.29 is 8.78 Å². The molecule has 0 atom stereocenters. The van der Waals surface area contributed by atoms with Crippen LogP contribution in [0.1, 0.15) is 0 Å². The zero-order valence-corrected chi connectivity index (χ0v) is 11.5. The van der Waals surface area contributed by atoms with E-state index in [1.807, 2.05) is 6.26 Å². The fourth-order valence-corrected chi connectivity index (χ4v) is 2.17. The van der Waals surface area contributed by atoms with Gasteiger partial charge < -0.3 is 4.98 Å². The third kappa shape index (κ3) is 2.67. The number of halogens is 2. The first kappa shape index (κ1) is 14.5. The Kier molecular flexibility index (Phi) is 4.39. The largest absolute Gasteiger partial charge is 0.328 e. The summed E-state index contributed by atoms with van der Waals surface area (Å²) in [6.07, 6.45) is 2.95. The Morgan fingerprint density at radius 2 is 2.00 bits per heavy atom. The number of benzene rings is 1. The fourth-order valence-electron chi connectivity index (χ4n) is 1.80. The average molecular weight is 298 g/mol. The van der Waals surface area contributed by atoms with Crippen LogP contribution in [0.5, 0.6) is 0 Å². The summed E-state index contributed by atoms with van der Waals surface area (Å²) in [6.45, 7) is 0.208. The van der Waals surface area contributed by atoms with Crippen molar-refractivity contribution in [3.05, 3.63) is 56.9 Å². The highest BCUT2D eigenvalue weighted by molar-refractivity contribution is 7.98. The first-order chi connectivity index (χ1) is 9.56. The first-order valence-corrected chi connectivity index (χ1v) is 7.21. The van der Waals surface area contributed by atoms with Crippen LogP contribution in [-0.2, 0) is 6.54 Å². The Hall–Kier alpha value is -1.89. The van der Waals surface area contributed by atoms with Crippen molar-refractivity contribution in [1.82, 2.24) is 9.55 Å². The molecular formula is C13H12F2N2O2S. The number of thioether (sulfide) groups is 1. The predicted molar refractivity (Wildman–Crippen MR) is 75.1 cm³/mol. The van der Waals surface area contributed by atoms with Crippen LogP contribution in [0.25, 0.3) is 11.1 Å². The number of hydrogen-bond donors (Lipinski definition) is 1. The van der Waals surface area contributed by atoms with Gasteiger partial charge in [0.2, 0.25) is 0 Å². The second-order valence-corrected chi connectivity index (χ2v) is 5.04. The number of nitrogens with one attached hydrogen (secondary N) is 1. The molecule has 0 aliphatic carbocycles. The average Bonchev–Trinajstić information content (AvgIpc) is 2.43. The molecule has 0 saturated heterocycles. The minimum atomic E-state index is -1.10. The first-order valence-electron chi connectivity index (χ1n) is 5.82. The summed E-state index contributed by atoms with van der Waals surface area (Å²) in [5, 5.41) is 0. The van der Waals surface area contributed by atoms with Gasteiger partial charge in [-0.25, -0.2) is 13.6 Å². The van der Waals surface area contributed by atoms with Crippen LogP contribution in [-0.4, -0.2) is 21.6 Å². The molecule has 7 heteroatoms. The van der Waals surface area contributed by atoms with Gasteiger partial charge in [-0.1, -0.05) is 12.1 Å². The Morgan fingerprint density at radius 1 is 1.25 bits per heavy atom. The molecule has 106 valence electrons. The summed E-state index contributed by atoms with van der Waals surface area (Å²) in [5.74, 6) is -1.57. The summed E-state index contributed by atoms with van der Waals surface area (Å²) >= 11 is 1.47. The van der Waals surface area contributed by atoms with Crippen molar-refractivity contribution >= 4 is 11.8 Å². The predicted octanol–water partition coefficient (Wildman–Crippen LogP) is 1.84. The SMILES string of the molecule is CSCCn1c(=O)[nH]cc(-c2cccc(F)c2F)c1=O. The molecule has 2 rings (SSSR count). The molecule has 1 aromatic heterocycles. The monoisotopic (exact) mass is 298 g/mol. The van der Waals surface area contributed by atoms with Crippen molar-refractivity contribution in [2.45, 2.75) is 6.54 Å². The van der Waals surface area contributed by atoms with E-state index >= 15 is 0 Å². The Labute approximate surface area is 117 Å². The Bertz CT molecular complexity index is 740. The third-order valence-electron chi connectivity index (χ3n) is 2.82. The van der Waals surface area contributed by atoms with Gasteiger partial charge in [-0.15, -0.1) is 0 Å². The van der Waals surface area contributed by atoms with Crippen LogP contribution in [0.15, 0.2) is 34.0 Å². The molecule has 20 heavy (non-hydrogen) atoms. The van der Waals surface area contributed by atoms with Gasteiger partial charge in [0.05, 0.1) is 5.56 Å². The van der Waals surface area contributed by atoms with Crippen LogP contribution in [0, 0.1) is 11.6 Å². The van der Waals surface area contributed by atoms with Gasteiger partial charge in [-0.2, -0.15) is 11.8 Å². The van der Waals surface area contributed by atoms with Gasteiger partial charge in [0.15, 0.2) is 11.6 Å². The van der Waals surface area contributed by atoms with Crippen molar-refractivity contribution in [2.24, 2.45) is 0 Å². The van der Waals surface area contributed by atoms with Crippen molar-refractivity contribution in [2.75, 3.05) is 12.0 Å². The smallest absolute Gasteiger partial charge is 0.313 e. The number of hydrogen-bond acceptors (Lipinski definition) is 3. The minimum absolute atomic E-state index is 0.0669. The zero-order chi connectivity index (χ0) is 14.7. The van der Waals surface area contributed by atoms with Crippen molar-refractivity contribution in [3.8, 4) is 11.1 Å². The number of H-pyrrole nitrogens is 1. The maximum absolute atomic E-state index is 13.7. The molecule has 1 N–H and O–H groups in total. The highest BCUT2D eigenvalue weighted by Gasteiger charge is 2.15. The van der Waals surface area contributed by atoms with Crippen LogP contribution < -0.4 is 11.2 Å². The molecule has 0 aliphatic rings. The number of rotatable bonds is 4. The maximum atomic E-state index is 13.7. The minimum Gasteiger partial charge on any atom is -0.313 e. The molecule has 0 amide bonds. The van der Waals surface area contributed by atoms with E-state index in [0.29, 0.717) is 5.75 Å². The lowest BCUT2D eigenvalue weighted by Gasteiger charge is -2.07. The van der Waals surface area contributed by atoms with E-state index in [2.05, 4.69) is 4.98 Å². The van der Waals surface area contributed by atoms with Gasteiger partial charge in [0, 0.05) is 24.1 Å². The lowest BCUT2D eigenvalue weighted by Crippen LogP contribution is -2.36. The van der Waals surface area contributed by atoms with Crippen LogP contribution in [0.3, 0.4) is 0 Å². The number of aromatic nitrogens is 2. The fraction of sp³-hybridized carbons (Fsp3) is 0.231. The molecule has 1 heterocycles. The second kappa shape index (κ2) is 6.04. The van der Waals surface area contributed by atoms with Crippen LogP contribution in [0.4, 0.5) is 8.78 Å². The summed E-state index contributed by atoms with van der Waals surface area (Å²) in [7, 11) is 0. The molecule has 0 unspecified atom stereocenters. The molecule has 2 aromatic rings. The third-order valence-corrected chi connectivity index (χ3v) is 3.41. The van der Waals surface area contributed by atoms with Crippen molar-refractivity contribution in [3.63, 3.8) is 0 Å². The molecule has 1 aromatic carbocycles. The number of nitrogens with zero attached hydrogens (tertiary/aromatic N) is 1. The lowest BCUT2D eigenvalue weighted by molar-refractivity contribution is 0.511. The second-order valence-electron chi connectivity index (χ2n) is 4.06. The van der Waals surface area contributed by atoms with E-state index in [1.165, 1.54) is 23.9 Å². The molecule has 0 aliphatic heterocycles. The van der Waals surface area contributed by atoms with E-state index in [4.69, 9.17) is 0 Å². The molecular weight excluding hydrogens is 286 g/mol. The van der Waals surface area contributed by atoms with Gasteiger partial charge in [0.1, 0.15) is 0 Å². The summed E-state index contributed by atoms with van der Waals surface area (Å²) in [6, 6.07) is 3.58. The van der Waals surface area contributed by atoms with E-state index in [1.54, 1.807) is 0 Å². The molecule has 0 bridgehead atoms. The van der Waals surface area contributed by atoms with E-state index in [0.717, 1.165) is 16.8 Å². The molecule has 0 spiro atoms. The molecule has 0 fully saturated rings. The van der Waals surface area contributed by atoms with Crippen LogP contribution in [0.2, 0.25) is 0 Å². The zero-order valence-electron chi connectivity index (χ0n) is 10.7. The molecule has 0 saturated carbocycles. The summed E-state index contributed by atoms with van der Waals surface area (Å²) in [5.41, 5.74) is -1.43. The van der Waals surface area contributed by atoms with E-state index in [9.17, 15) is 18.4 Å². The summed E-state index contributed by atoms with van der Waals surface area (Å²) < 4.78 is 27.9. The van der Waals surface area contributed by atoms with E-state index in [-0.39, 0.29) is 17.7 Å². The van der Waals surface area contributed by atoms with Gasteiger partial charge in [0.25, 0.3) is 5.56 Å². The molecule has 0 radical (unpaired) electrons. The summed E-state index contributed by atoms with van der Waals surface area (Å²) in [4.78, 5) is 26.2. The quantitative estimate of drug-likeness (QED) is 0.937. The standard InChI is InChI=1S/C13H12F2N2O2S/c1-20-6-5-17-12(18)9(7-16-13(17)19)8-3-2-4-10(14)11(8)15/h2-4,7H,5-6H2,1H3,(H,16,19). The maximum Gasteiger partial charge on any atom is 0.328 e. The van der Waals surface area contributed by atoms with E-state index < -0.39 is 22.9 Å². The molecule has 4 nitrogen and oxygen atoms in total. The van der Waals surface area contributed by atoms with Crippen LogP contribution >= 0.6 is 11.8 Å². The topological polar surface area (TPSA) is 54.9 Å². The van der Waals surface area contributed by atoms with Gasteiger partial charge in [-0.3, -0.25) is 9.36 Å². The Balaban J connectivity index is 2.61. The van der Waals surface area contributed by atoms with Gasteiger partial charge >= 0.3 is 5.69 Å². The highest BCUT2D eigenvalue weighted by atomic mass is 32.2. The van der Waals surface area contributed by atoms with Crippen molar-refractivity contribution in [1.29, 1.82) is 0 Å². The lowest BCUT2D eigenvalue weighted by atomic mass is 10.1. The number of aromatic amines is 1. The normalized spacial score (nSPS) is 10.8. The Morgan fingerprint density at radius 3 is 2.70 bits per heavy atom. The highest BCUT2D eigenvalue weighted by Crippen LogP contribution is 2.20.